The third-order valence-electron chi connectivity index (χ3n) is 7.09. The maximum absolute atomic E-state index is 12.9. The number of rotatable bonds is 9. The minimum absolute atomic E-state index is 0.00144. The summed E-state index contributed by atoms with van der Waals surface area (Å²) in [5, 5.41) is 12.3. The molecule has 4 rings (SSSR count). The third-order valence-corrected chi connectivity index (χ3v) is 7.09. The number of ether oxygens (including phenoxy) is 2. The van der Waals surface area contributed by atoms with E-state index in [9.17, 15) is 19.5 Å². The van der Waals surface area contributed by atoms with Gasteiger partial charge in [-0.2, -0.15) is 0 Å². The van der Waals surface area contributed by atoms with Crippen molar-refractivity contribution >= 4 is 18.0 Å². The second kappa shape index (κ2) is 10.5. The highest BCUT2D eigenvalue weighted by Gasteiger charge is 2.46. The van der Waals surface area contributed by atoms with Gasteiger partial charge >= 0.3 is 12.1 Å². The molecule has 0 aromatic heterocycles. The highest BCUT2D eigenvalue weighted by Crippen LogP contribution is 2.44. The molecule has 1 heterocycles. The Hall–Kier alpha value is -3.39. The highest BCUT2D eigenvalue weighted by atomic mass is 16.5. The Morgan fingerprint density at radius 3 is 2.29 bits per heavy atom. The molecular weight excluding hydrogens is 448 g/mol. The Morgan fingerprint density at radius 1 is 1.11 bits per heavy atom. The zero-order chi connectivity index (χ0) is 25.0. The number of fused-ring (bicyclic) bond motifs is 3. The molecule has 0 bridgehead atoms. The summed E-state index contributed by atoms with van der Waals surface area (Å²) in [7, 11) is 1.35. The fourth-order valence-electron chi connectivity index (χ4n) is 5.14. The fraction of sp³-hybridized carbons (Fsp3) is 0.444. The van der Waals surface area contributed by atoms with Crippen LogP contribution < -0.4 is 5.32 Å². The number of methoxy groups -OCH3 is 1. The molecule has 1 fully saturated rings. The van der Waals surface area contributed by atoms with Gasteiger partial charge in [0.25, 0.3) is 0 Å². The number of carbonyl (C=O) groups excluding carboxylic acids is 2. The van der Waals surface area contributed by atoms with Crippen molar-refractivity contribution in [3.05, 3.63) is 59.7 Å². The van der Waals surface area contributed by atoms with E-state index in [2.05, 4.69) is 29.6 Å². The molecule has 1 saturated heterocycles. The molecule has 186 valence electrons. The molecule has 8 heteroatoms. The minimum Gasteiger partial charge on any atom is -0.479 e. The monoisotopic (exact) mass is 480 g/mol. The van der Waals surface area contributed by atoms with Crippen LogP contribution in [0.25, 0.3) is 11.1 Å². The summed E-state index contributed by atoms with van der Waals surface area (Å²) in [5.74, 6) is -1.32. The summed E-state index contributed by atoms with van der Waals surface area (Å²) in [6.07, 6.45) is 1.15. The van der Waals surface area contributed by atoms with Gasteiger partial charge in [0.2, 0.25) is 5.91 Å². The SMILES string of the molecule is CCCC(CC(=O)N1CCC(OC)(C(=O)O)C1)NC(=O)OCC1c2ccccc2-c2ccccc21. The Kier molecular flexibility index (Phi) is 7.40. The average Bonchev–Trinajstić information content (AvgIpc) is 3.44. The molecule has 2 amide bonds. The van der Waals surface area contributed by atoms with Gasteiger partial charge in [-0.15, -0.1) is 0 Å². The Balaban J connectivity index is 1.35. The van der Waals surface area contributed by atoms with Crippen LogP contribution in [0.2, 0.25) is 0 Å². The van der Waals surface area contributed by atoms with E-state index in [4.69, 9.17) is 9.47 Å². The van der Waals surface area contributed by atoms with Crippen molar-refractivity contribution in [3.63, 3.8) is 0 Å². The number of carboxylic acids is 1. The van der Waals surface area contributed by atoms with Crippen molar-refractivity contribution in [2.45, 2.75) is 50.2 Å². The topological polar surface area (TPSA) is 105 Å². The van der Waals surface area contributed by atoms with Crippen LogP contribution >= 0.6 is 0 Å². The van der Waals surface area contributed by atoms with Crippen molar-refractivity contribution in [2.24, 2.45) is 0 Å². The quantitative estimate of drug-likeness (QED) is 0.566. The summed E-state index contributed by atoms with van der Waals surface area (Å²) >= 11 is 0. The van der Waals surface area contributed by atoms with Crippen molar-refractivity contribution in [1.29, 1.82) is 0 Å². The Morgan fingerprint density at radius 2 is 1.74 bits per heavy atom. The van der Waals surface area contributed by atoms with Crippen molar-refractivity contribution in [1.82, 2.24) is 10.2 Å². The molecule has 2 N–H and O–H groups in total. The minimum atomic E-state index is -1.36. The van der Waals surface area contributed by atoms with Crippen LogP contribution in [-0.4, -0.2) is 66.4 Å². The molecule has 2 aliphatic rings. The molecule has 8 nitrogen and oxygen atoms in total. The fourth-order valence-corrected chi connectivity index (χ4v) is 5.14. The van der Waals surface area contributed by atoms with Crippen molar-refractivity contribution in [3.8, 4) is 11.1 Å². The van der Waals surface area contributed by atoms with Crippen LogP contribution in [-0.2, 0) is 19.1 Å². The second-order valence-electron chi connectivity index (χ2n) is 9.23. The first-order valence-electron chi connectivity index (χ1n) is 12.1. The largest absolute Gasteiger partial charge is 0.479 e. The van der Waals surface area contributed by atoms with Gasteiger partial charge in [-0.1, -0.05) is 61.9 Å². The van der Waals surface area contributed by atoms with Gasteiger partial charge < -0.3 is 24.8 Å². The van der Waals surface area contributed by atoms with E-state index in [1.165, 1.54) is 12.0 Å². The summed E-state index contributed by atoms with van der Waals surface area (Å²) < 4.78 is 10.8. The van der Waals surface area contributed by atoms with E-state index in [0.717, 1.165) is 28.7 Å². The lowest BCUT2D eigenvalue weighted by atomic mass is 9.98. The molecule has 0 spiro atoms. The van der Waals surface area contributed by atoms with Crippen molar-refractivity contribution < 1.29 is 29.0 Å². The lowest BCUT2D eigenvalue weighted by molar-refractivity contribution is -0.161. The molecule has 2 aromatic carbocycles. The lowest BCUT2D eigenvalue weighted by Gasteiger charge is -2.25. The smallest absolute Gasteiger partial charge is 0.407 e. The number of nitrogens with one attached hydrogen (secondary N) is 1. The van der Waals surface area contributed by atoms with E-state index in [0.29, 0.717) is 13.0 Å². The number of alkyl carbamates (subject to hydrolysis) is 1. The average molecular weight is 481 g/mol. The number of aliphatic carboxylic acids is 1. The van der Waals surface area contributed by atoms with Gasteiger partial charge in [0.05, 0.1) is 6.54 Å². The summed E-state index contributed by atoms with van der Waals surface area (Å²) in [4.78, 5) is 38.7. The molecule has 1 aliphatic heterocycles. The van der Waals surface area contributed by atoms with Gasteiger partial charge in [-0.05, 0) is 28.7 Å². The standard InChI is InChI=1S/C27H32N2O6/c1-3-8-18(15-24(30)29-14-13-27(17-29,34-2)25(31)32)28-26(33)35-16-23-21-11-6-4-9-19(21)20-10-5-7-12-22(20)23/h4-7,9-12,18,23H,3,8,13-17H2,1-2H3,(H,28,33)(H,31,32). The first-order chi connectivity index (χ1) is 16.9. The van der Waals surface area contributed by atoms with E-state index in [1.807, 2.05) is 31.2 Å². The number of carbonyl (C=O) groups is 3. The first-order valence-corrected chi connectivity index (χ1v) is 12.1. The van der Waals surface area contributed by atoms with E-state index in [-0.39, 0.29) is 37.8 Å². The zero-order valence-electron chi connectivity index (χ0n) is 20.2. The molecule has 2 unspecified atom stereocenters. The molecular formula is C27H32N2O6. The van der Waals surface area contributed by atoms with Gasteiger partial charge in [-0.25, -0.2) is 9.59 Å². The summed E-state index contributed by atoms with van der Waals surface area (Å²) in [6, 6.07) is 15.9. The summed E-state index contributed by atoms with van der Waals surface area (Å²) in [6.45, 7) is 2.49. The number of amides is 2. The maximum Gasteiger partial charge on any atom is 0.407 e. The van der Waals surface area contributed by atoms with Crippen LogP contribution in [0.4, 0.5) is 4.79 Å². The van der Waals surface area contributed by atoms with Crippen LogP contribution in [0.1, 0.15) is 49.7 Å². The third kappa shape index (κ3) is 5.03. The van der Waals surface area contributed by atoms with E-state index < -0.39 is 23.7 Å². The molecule has 2 aromatic rings. The number of hydrogen-bond acceptors (Lipinski definition) is 5. The molecule has 2 atom stereocenters. The number of benzene rings is 2. The molecule has 0 radical (unpaired) electrons. The second-order valence-corrected chi connectivity index (χ2v) is 9.23. The van der Waals surface area contributed by atoms with Crippen LogP contribution in [0, 0.1) is 0 Å². The van der Waals surface area contributed by atoms with Crippen LogP contribution in [0.5, 0.6) is 0 Å². The molecule has 35 heavy (non-hydrogen) atoms. The van der Waals surface area contributed by atoms with Gasteiger partial charge in [0.15, 0.2) is 5.60 Å². The predicted molar refractivity (Wildman–Crippen MR) is 130 cm³/mol. The number of nitrogens with zero attached hydrogens (tertiary/aromatic N) is 1. The number of likely N-dealkylation sites (tertiary alicyclic amines) is 1. The first kappa shape index (κ1) is 24.7. The maximum atomic E-state index is 12.9. The summed E-state index contributed by atoms with van der Waals surface area (Å²) in [5.41, 5.74) is 3.22. The molecule has 1 aliphatic carbocycles. The Bertz CT molecular complexity index is 1060. The van der Waals surface area contributed by atoms with Crippen LogP contribution in [0.15, 0.2) is 48.5 Å². The van der Waals surface area contributed by atoms with Gasteiger partial charge in [0, 0.05) is 38.5 Å². The van der Waals surface area contributed by atoms with Crippen molar-refractivity contribution in [2.75, 3.05) is 26.8 Å². The number of carboxylic acid groups (broad SMARTS) is 1. The zero-order valence-corrected chi connectivity index (χ0v) is 20.2. The van der Waals surface area contributed by atoms with E-state index in [1.54, 1.807) is 0 Å². The van der Waals surface area contributed by atoms with Gasteiger partial charge in [0.1, 0.15) is 6.61 Å². The lowest BCUT2D eigenvalue weighted by Crippen LogP contribution is -2.45. The number of hydrogen-bond donors (Lipinski definition) is 2. The molecule has 0 saturated carbocycles. The Labute approximate surface area is 205 Å². The normalized spacial score (nSPS) is 19.7. The van der Waals surface area contributed by atoms with Crippen LogP contribution in [0.3, 0.4) is 0 Å². The predicted octanol–water partition coefficient (Wildman–Crippen LogP) is 3.79. The highest BCUT2D eigenvalue weighted by molar-refractivity contribution is 5.83. The van der Waals surface area contributed by atoms with E-state index >= 15 is 0 Å². The van der Waals surface area contributed by atoms with Gasteiger partial charge in [-0.3, -0.25) is 4.79 Å².